The average molecular weight is 286 g/mol. The van der Waals surface area contributed by atoms with Gasteiger partial charge in [0, 0.05) is 17.1 Å². The van der Waals surface area contributed by atoms with Crippen LogP contribution in [0.5, 0.6) is 0 Å². The average Bonchev–Trinajstić information content (AvgIpc) is 2.32. The van der Waals surface area contributed by atoms with Crippen LogP contribution in [0.2, 0.25) is 10.0 Å². The highest BCUT2D eigenvalue weighted by molar-refractivity contribution is 6.36. The molecule has 4 heteroatoms. The highest BCUT2D eigenvalue weighted by Crippen LogP contribution is 2.22. The molecule has 1 aliphatic rings. The fourth-order valence-corrected chi connectivity index (χ4v) is 2.82. The van der Waals surface area contributed by atoms with Crippen LogP contribution in [0, 0.1) is 5.92 Å². The molecule has 98 valence electrons. The molecule has 0 N–H and O–H groups in total. The van der Waals surface area contributed by atoms with Gasteiger partial charge in [-0.25, -0.2) is 0 Å². The minimum Gasteiger partial charge on any atom is -0.296 e. The van der Waals surface area contributed by atoms with Crippen LogP contribution in [0.1, 0.15) is 30.1 Å². The van der Waals surface area contributed by atoms with Gasteiger partial charge in [-0.2, -0.15) is 0 Å². The Labute approximate surface area is 118 Å². The molecule has 18 heavy (non-hydrogen) atoms. The monoisotopic (exact) mass is 285 g/mol. The van der Waals surface area contributed by atoms with Crippen molar-refractivity contribution in [2.24, 2.45) is 5.92 Å². The lowest BCUT2D eigenvalue weighted by molar-refractivity contribution is 0.0893. The van der Waals surface area contributed by atoms with Crippen LogP contribution in [0.15, 0.2) is 18.2 Å². The lowest BCUT2D eigenvalue weighted by Crippen LogP contribution is -2.38. The van der Waals surface area contributed by atoms with Crippen LogP contribution in [-0.2, 0) is 0 Å². The van der Waals surface area contributed by atoms with E-state index in [0.29, 0.717) is 28.1 Å². The summed E-state index contributed by atoms with van der Waals surface area (Å²) in [5, 5.41) is 1.03. The predicted octanol–water partition coefficient (Wildman–Crippen LogP) is 3.91. The molecule has 0 amide bonds. The van der Waals surface area contributed by atoms with Gasteiger partial charge in [-0.05, 0) is 43.5 Å². The number of ketones is 1. The second kappa shape index (κ2) is 6.05. The van der Waals surface area contributed by atoms with Crippen molar-refractivity contribution in [2.45, 2.75) is 19.8 Å². The van der Waals surface area contributed by atoms with E-state index >= 15 is 0 Å². The Morgan fingerprint density at radius 2 is 2.22 bits per heavy atom. The summed E-state index contributed by atoms with van der Waals surface area (Å²) in [7, 11) is 0. The number of carbonyl (C=O) groups excluding carboxylic acids is 1. The van der Waals surface area contributed by atoms with E-state index in [9.17, 15) is 4.79 Å². The molecule has 1 atom stereocenters. The van der Waals surface area contributed by atoms with E-state index in [2.05, 4.69) is 11.8 Å². The lowest BCUT2D eigenvalue weighted by Gasteiger charge is -2.30. The Morgan fingerprint density at radius 3 is 2.94 bits per heavy atom. The third kappa shape index (κ3) is 3.47. The van der Waals surface area contributed by atoms with Crippen molar-refractivity contribution in [1.29, 1.82) is 0 Å². The largest absolute Gasteiger partial charge is 0.296 e. The van der Waals surface area contributed by atoms with Crippen LogP contribution in [0.4, 0.5) is 0 Å². The summed E-state index contributed by atoms with van der Waals surface area (Å²) in [6.07, 6.45) is 2.42. The number of benzene rings is 1. The summed E-state index contributed by atoms with van der Waals surface area (Å²) >= 11 is 11.9. The normalized spacial score (nSPS) is 20.9. The Hall–Kier alpha value is -0.570. The second-order valence-electron chi connectivity index (χ2n) is 5.03. The Balaban J connectivity index is 2.05. The number of hydrogen-bond acceptors (Lipinski definition) is 2. The molecule has 0 aromatic heterocycles. The van der Waals surface area contributed by atoms with Crippen LogP contribution in [-0.4, -0.2) is 30.3 Å². The fourth-order valence-electron chi connectivity index (χ4n) is 2.43. The van der Waals surface area contributed by atoms with Gasteiger partial charge in [0.05, 0.1) is 11.6 Å². The van der Waals surface area contributed by atoms with Crippen molar-refractivity contribution < 1.29 is 4.79 Å². The summed E-state index contributed by atoms with van der Waals surface area (Å²) in [5.74, 6) is 0.720. The van der Waals surface area contributed by atoms with Gasteiger partial charge in [-0.3, -0.25) is 9.69 Å². The van der Waals surface area contributed by atoms with E-state index in [1.807, 2.05) is 0 Å². The number of halogens is 2. The molecule has 0 radical (unpaired) electrons. The van der Waals surface area contributed by atoms with E-state index in [1.54, 1.807) is 18.2 Å². The molecule has 1 saturated heterocycles. The maximum atomic E-state index is 12.2. The van der Waals surface area contributed by atoms with Crippen molar-refractivity contribution in [1.82, 2.24) is 4.90 Å². The molecule has 2 rings (SSSR count). The number of nitrogens with zero attached hydrogens (tertiary/aromatic N) is 1. The number of piperidine rings is 1. The number of rotatable bonds is 3. The van der Waals surface area contributed by atoms with E-state index in [-0.39, 0.29) is 5.78 Å². The maximum Gasteiger partial charge on any atom is 0.178 e. The lowest BCUT2D eigenvalue weighted by atomic mass is 9.99. The van der Waals surface area contributed by atoms with Crippen LogP contribution >= 0.6 is 23.2 Å². The topological polar surface area (TPSA) is 20.3 Å². The number of likely N-dealkylation sites (tertiary alicyclic amines) is 1. The van der Waals surface area contributed by atoms with Crippen molar-refractivity contribution in [3.05, 3.63) is 33.8 Å². The Morgan fingerprint density at radius 1 is 1.44 bits per heavy atom. The zero-order valence-electron chi connectivity index (χ0n) is 10.5. The molecule has 1 fully saturated rings. The number of hydrogen-bond donors (Lipinski definition) is 0. The van der Waals surface area contributed by atoms with Gasteiger partial charge >= 0.3 is 0 Å². The molecular weight excluding hydrogens is 269 g/mol. The van der Waals surface area contributed by atoms with Gasteiger partial charge < -0.3 is 0 Å². The molecule has 0 spiro atoms. The summed E-state index contributed by atoms with van der Waals surface area (Å²) in [4.78, 5) is 14.4. The molecule has 0 aliphatic carbocycles. The van der Waals surface area contributed by atoms with E-state index in [4.69, 9.17) is 23.2 Å². The van der Waals surface area contributed by atoms with E-state index in [0.717, 1.165) is 19.5 Å². The fraction of sp³-hybridized carbons (Fsp3) is 0.500. The summed E-state index contributed by atoms with van der Waals surface area (Å²) in [5.41, 5.74) is 0.530. The third-order valence-electron chi connectivity index (χ3n) is 3.34. The molecular formula is C14H17Cl2NO. The standard InChI is InChI=1S/C14H17Cl2NO/c1-10-3-2-6-17(8-10)9-14(18)12-7-11(15)4-5-13(12)16/h4-5,7,10H,2-3,6,8-9H2,1H3. The Bertz CT molecular complexity index is 447. The molecule has 1 aliphatic heterocycles. The molecule has 1 unspecified atom stereocenters. The maximum absolute atomic E-state index is 12.2. The first-order valence-electron chi connectivity index (χ1n) is 6.27. The molecule has 0 saturated carbocycles. The van der Waals surface area contributed by atoms with Crippen molar-refractivity contribution in [3.63, 3.8) is 0 Å². The first kappa shape index (κ1) is 13.9. The minimum absolute atomic E-state index is 0.0524. The van der Waals surface area contributed by atoms with E-state index in [1.165, 1.54) is 6.42 Å². The van der Waals surface area contributed by atoms with Crippen molar-refractivity contribution >= 4 is 29.0 Å². The van der Waals surface area contributed by atoms with Gasteiger partial charge in [0.15, 0.2) is 5.78 Å². The molecule has 1 aromatic carbocycles. The number of Topliss-reactive ketones (excluding diaryl/α,β-unsaturated/α-hetero) is 1. The smallest absolute Gasteiger partial charge is 0.178 e. The highest BCUT2D eigenvalue weighted by Gasteiger charge is 2.20. The van der Waals surface area contributed by atoms with Crippen molar-refractivity contribution in [2.75, 3.05) is 19.6 Å². The van der Waals surface area contributed by atoms with Gasteiger partial charge in [-0.15, -0.1) is 0 Å². The molecule has 1 heterocycles. The molecule has 1 aromatic rings. The van der Waals surface area contributed by atoms with Gasteiger partial charge in [0.1, 0.15) is 0 Å². The van der Waals surface area contributed by atoms with Crippen LogP contribution < -0.4 is 0 Å². The first-order chi connectivity index (χ1) is 8.56. The Kier molecular flexibility index (Phi) is 4.66. The minimum atomic E-state index is 0.0524. The zero-order chi connectivity index (χ0) is 13.1. The highest BCUT2D eigenvalue weighted by atomic mass is 35.5. The van der Waals surface area contributed by atoms with Gasteiger partial charge in [0.25, 0.3) is 0 Å². The van der Waals surface area contributed by atoms with Crippen LogP contribution in [0.25, 0.3) is 0 Å². The van der Waals surface area contributed by atoms with E-state index < -0.39 is 0 Å². The molecule has 2 nitrogen and oxygen atoms in total. The third-order valence-corrected chi connectivity index (χ3v) is 3.90. The van der Waals surface area contributed by atoms with Crippen LogP contribution in [0.3, 0.4) is 0 Å². The number of carbonyl (C=O) groups is 1. The molecule has 0 bridgehead atoms. The van der Waals surface area contributed by atoms with Gasteiger partial charge in [0.2, 0.25) is 0 Å². The quantitative estimate of drug-likeness (QED) is 0.785. The van der Waals surface area contributed by atoms with Gasteiger partial charge in [-0.1, -0.05) is 30.1 Å². The SMILES string of the molecule is CC1CCCN(CC(=O)c2cc(Cl)ccc2Cl)C1. The second-order valence-corrected chi connectivity index (χ2v) is 5.87. The summed E-state index contributed by atoms with van der Waals surface area (Å²) in [6, 6.07) is 5.03. The van der Waals surface area contributed by atoms with Crippen molar-refractivity contribution in [3.8, 4) is 0 Å². The zero-order valence-corrected chi connectivity index (χ0v) is 12.0. The first-order valence-corrected chi connectivity index (χ1v) is 7.02. The summed E-state index contributed by atoms with van der Waals surface area (Å²) in [6.45, 7) is 4.64. The summed E-state index contributed by atoms with van der Waals surface area (Å²) < 4.78 is 0. The predicted molar refractivity (Wildman–Crippen MR) is 75.6 cm³/mol.